The molecule has 1 fully saturated rings. The zero-order valence-electron chi connectivity index (χ0n) is 12.7. The minimum absolute atomic E-state index is 0.0107. The smallest absolute Gasteiger partial charge is 0.221 e. The Hall–Kier alpha value is -1.59. The Morgan fingerprint density at radius 2 is 2.10 bits per heavy atom. The number of benzene rings is 1. The summed E-state index contributed by atoms with van der Waals surface area (Å²) >= 11 is 0. The van der Waals surface area contributed by atoms with Gasteiger partial charge < -0.3 is 15.8 Å². The predicted molar refractivity (Wildman–Crippen MR) is 83.2 cm³/mol. The molecule has 1 aliphatic heterocycles. The van der Waals surface area contributed by atoms with Crippen LogP contribution in [0.3, 0.4) is 0 Å². The van der Waals surface area contributed by atoms with Crippen LogP contribution < -0.4 is 15.8 Å². The number of hydrogen-bond acceptors (Lipinski definition) is 4. The maximum atomic E-state index is 11.7. The molecular formula is C16H25N3O2. The Balaban J connectivity index is 2.13. The minimum atomic E-state index is 0.0107. The predicted octanol–water partition coefficient (Wildman–Crippen LogP) is 1.30. The monoisotopic (exact) mass is 291 g/mol. The van der Waals surface area contributed by atoms with Gasteiger partial charge in [-0.25, -0.2) is 0 Å². The number of likely N-dealkylation sites (tertiary alicyclic amines) is 1. The van der Waals surface area contributed by atoms with Gasteiger partial charge in [-0.1, -0.05) is 18.2 Å². The van der Waals surface area contributed by atoms with E-state index in [-0.39, 0.29) is 11.9 Å². The van der Waals surface area contributed by atoms with Crippen molar-refractivity contribution in [2.45, 2.75) is 25.3 Å². The summed E-state index contributed by atoms with van der Waals surface area (Å²) in [4.78, 5) is 14.1. The van der Waals surface area contributed by atoms with Crippen LogP contribution in [-0.2, 0) is 4.79 Å². The van der Waals surface area contributed by atoms with Gasteiger partial charge in [0, 0.05) is 25.1 Å². The lowest BCUT2D eigenvalue weighted by atomic mass is 10.0. The fourth-order valence-electron chi connectivity index (χ4n) is 2.86. The van der Waals surface area contributed by atoms with Crippen LogP contribution in [0.2, 0.25) is 0 Å². The van der Waals surface area contributed by atoms with Gasteiger partial charge in [-0.2, -0.15) is 0 Å². The van der Waals surface area contributed by atoms with Crippen LogP contribution in [0.1, 0.15) is 30.9 Å². The highest BCUT2D eigenvalue weighted by atomic mass is 16.5. The van der Waals surface area contributed by atoms with Gasteiger partial charge in [0.15, 0.2) is 0 Å². The third kappa shape index (κ3) is 4.19. The molecule has 1 aromatic carbocycles. The summed E-state index contributed by atoms with van der Waals surface area (Å²) in [5.74, 6) is 0.888. The first-order chi connectivity index (χ1) is 10.3. The highest BCUT2D eigenvalue weighted by Crippen LogP contribution is 2.31. The summed E-state index contributed by atoms with van der Waals surface area (Å²) in [6.07, 6.45) is 2.80. The molecule has 1 aromatic rings. The second kappa shape index (κ2) is 8.00. The van der Waals surface area contributed by atoms with E-state index < -0.39 is 0 Å². The van der Waals surface area contributed by atoms with E-state index >= 15 is 0 Å². The van der Waals surface area contributed by atoms with Gasteiger partial charge in [0.25, 0.3) is 0 Å². The van der Waals surface area contributed by atoms with E-state index in [4.69, 9.17) is 10.5 Å². The van der Waals surface area contributed by atoms with Crippen molar-refractivity contribution in [3.63, 3.8) is 0 Å². The van der Waals surface area contributed by atoms with E-state index in [9.17, 15) is 4.79 Å². The molecule has 2 rings (SSSR count). The quantitative estimate of drug-likeness (QED) is 0.794. The van der Waals surface area contributed by atoms with E-state index in [0.29, 0.717) is 19.5 Å². The molecule has 1 unspecified atom stereocenters. The van der Waals surface area contributed by atoms with Crippen LogP contribution in [0.4, 0.5) is 0 Å². The fourth-order valence-corrected chi connectivity index (χ4v) is 2.86. The van der Waals surface area contributed by atoms with E-state index in [2.05, 4.69) is 16.3 Å². The first-order valence-electron chi connectivity index (χ1n) is 7.60. The first kappa shape index (κ1) is 15.8. The van der Waals surface area contributed by atoms with Gasteiger partial charge in [0.2, 0.25) is 5.91 Å². The van der Waals surface area contributed by atoms with Crippen LogP contribution in [0.25, 0.3) is 0 Å². The molecule has 1 aliphatic rings. The van der Waals surface area contributed by atoms with E-state index in [1.54, 1.807) is 7.11 Å². The molecule has 0 bridgehead atoms. The summed E-state index contributed by atoms with van der Waals surface area (Å²) in [5, 5.41) is 2.99. The van der Waals surface area contributed by atoms with Gasteiger partial charge in [-0.3, -0.25) is 9.69 Å². The van der Waals surface area contributed by atoms with Gasteiger partial charge in [0.1, 0.15) is 5.75 Å². The number of hydrogen-bond donors (Lipinski definition) is 2. The SMILES string of the molecule is COc1ccccc1C(CNC(=O)CCN)N1CCCC1. The van der Waals surface area contributed by atoms with Crippen LogP contribution in [-0.4, -0.2) is 44.1 Å². The van der Waals surface area contributed by atoms with Crippen molar-refractivity contribution < 1.29 is 9.53 Å². The molecule has 0 radical (unpaired) electrons. The topological polar surface area (TPSA) is 67.6 Å². The molecule has 3 N–H and O–H groups in total. The number of nitrogens with zero attached hydrogens (tertiary/aromatic N) is 1. The molecule has 5 nitrogen and oxygen atoms in total. The summed E-state index contributed by atoms with van der Waals surface area (Å²) in [5.41, 5.74) is 6.56. The molecule has 0 saturated carbocycles. The van der Waals surface area contributed by atoms with Crippen molar-refractivity contribution in [2.24, 2.45) is 5.73 Å². The van der Waals surface area contributed by atoms with Crippen molar-refractivity contribution in [3.05, 3.63) is 29.8 Å². The van der Waals surface area contributed by atoms with Crippen LogP contribution in [0.15, 0.2) is 24.3 Å². The minimum Gasteiger partial charge on any atom is -0.496 e. The zero-order chi connectivity index (χ0) is 15.1. The lowest BCUT2D eigenvalue weighted by molar-refractivity contribution is -0.121. The fraction of sp³-hybridized carbons (Fsp3) is 0.562. The maximum absolute atomic E-state index is 11.7. The number of para-hydroxylation sites is 1. The molecule has 0 spiro atoms. The van der Waals surface area contributed by atoms with Crippen LogP contribution >= 0.6 is 0 Å². The van der Waals surface area contributed by atoms with Crippen LogP contribution in [0.5, 0.6) is 5.75 Å². The van der Waals surface area contributed by atoms with Crippen LogP contribution in [0, 0.1) is 0 Å². The molecular weight excluding hydrogens is 266 g/mol. The summed E-state index contributed by atoms with van der Waals surface area (Å²) in [7, 11) is 1.69. The average molecular weight is 291 g/mol. The Morgan fingerprint density at radius 3 is 2.76 bits per heavy atom. The van der Waals surface area contributed by atoms with Crippen molar-refractivity contribution in [1.29, 1.82) is 0 Å². The second-order valence-electron chi connectivity index (χ2n) is 5.34. The number of nitrogens with one attached hydrogen (secondary N) is 1. The number of methoxy groups -OCH3 is 1. The number of nitrogens with two attached hydrogens (primary N) is 1. The molecule has 0 aromatic heterocycles. The Bertz CT molecular complexity index is 459. The van der Waals surface area contributed by atoms with Crippen molar-refractivity contribution in [2.75, 3.05) is 33.3 Å². The molecule has 1 atom stereocenters. The van der Waals surface area contributed by atoms with Gasteiger partial charge in [-0.15, -0.1) is 0 Å². The normalized spacial score (nSPS) is 16.7. The van der Waals surface area contributed by atoms with E-state index in [0.717, 1.165) is 24.4 Å². The molecule has 1 saturated heterocycles. The van der Waals surface area contributed by atoms with Crippen molar-refractivity contribution in [3.8, 4) is 5.75 Å². The standard InChI is InChI=1S/C16H25N3O2/c1-21-15-7-3-2-6-13(15)14(19-10-4-5-11-19)12-18-16(20)8-9-17/h2-3,6-7,14H,4-5,8-12,17H2,1H3,(H,18,20). The Labute approximate surface area is 126 Å². The molecule has 1 heterocycles. The van der Waals surface area contributed by atoms with Gasteiger partial charge in [-0.05, 0) is 32.0 Å². The van der Waals surface area contributed by atoms with Gasteiger partial charge in [0.05, 0.1) is 13.2 Å². The average Bonchev–Trinajstić information content (AvgIpc) is 3.02. The largest absolute Gasteiger partial charge is 0.496 e. The highest BCUT2D eigenvalue weighted by Gasteiger charge is 2.26. The molecule has 116 valence electrons. The summed E-state index contributed by atoms with van der Waals surface area (Å²) < 4.78 is 5.48. The number of carbonyl (C=O) groups excluding carboxylic acids is 1. The number of amides is 1. The molecule has 21 heavy (non-hydrogen) atoms. The molecule has 5 heteroatoms. The summed E-state index contributed by atoms with van der Waals surface area (Å²) in [6, 6.07) is 8.20. The second-order valence-corrected chi connectivity index (χ2v) is 5.34. The number of ether oxygens (including phenoxy) is 1. The van der Waals surface area contributed by atoms with Gasteiger partial charge >= 0.3 is 0 Å². The Morgan fingerprint density at radius 1 is 1.38 bits per heavy atom. The Kier molecular flexibility index (Phi) is 6.02. The molecule has 1 amide bonds. The number of carbonyl (C=O) groups is 1. The zero-order valence-corrected chi connectivity index (χ0v) is 12.7. The first-order valence-corrected chi connectivity index (χ1v) is 7.60. The van der Waals surface area contributed by atoms with E-state index in [1.165, 1.54) is 12.8 Å². The highest BCUT2D eigenvalue weighted by molar-refractivity contribution is 5.76. The summed E-state index contributed by atoms with van der Waals surface area (Å²) in [6.45, 7) is 3.11. The van der Waals surface area contributed by atoms with Crippen molar-refractivity contribution >= 4 is 5.91 Å². The molecule has 0 aliphatic carbocycles. The van der Waals surface area contributed by atoms with Crippen molar-refractivity contribution in [1.82, 2.24) is 10.2 Å². The lowest BCUT2D eigenvalue weighted by Crippen LogP contribution is -2.37. The number of rotatable bonds is 7. The lowest BCUT2D eigenvalue weighted by Gasteiger charge is -2.29. The third-order valence-corrected chi connectivity index (χ3v) is 3.94. The van der Waals surface area contributed by atoms with E-state index in [1.807, 2.05) is 18.2 Å². The third-order valence-electron chi connectivity index (χ3n) is 3.94. The maximum Gasteiger partial charge on any atom is 0.221 e.